The molecule has 0 aromatic carbocycles. The summed E-state index contributed by atoms with van der Waals surface area (Å²) < 4.78 is 0.751. The Morgan fingerprint density at radius 2 is 2.38 bits per heavy atom. The van der Waals surface area contributed by atoms with Gasteiger partial charge in [0.25, 0.3) is 0 Å². The zero-order chi connectivity index (χ0) is 9.26. The van der Waals surface area contributed by atoms with Gasteiger partial charge in [-0.05, 0) is 36.9 Å². The summed E-state index contributed by atoms with van der Waals surface area (Å²) in [5.74, 6) is 1.75. The van der Waals surface area contributed by atoms with Gasteiger partial charge in [0.15, 0.2) is 4.77 Å². The standard InChI is InChI=1S/C10H16N2S/c1-7-3-2-4-8(7)5-9-6-11-10(13)12-9/h6-8H,2-5H2,1H3,(H2,11,12,13). The van der Waals surface area contributed by atoms with Gasteiger partial charge in [0, 0.05) is 11.9 Å². The van der Waals surface area contributed by atoms with Crippen molar-refractivity contribution in [1.82, 2.24) is 9.97 Å². The fraction of sp³-hybridized carbons (Fsp3) is 0.700. The molecule has 0 spiro atoms. The summed E-state index contributed by atoms with van der Waals surface area (Å²) >= 11 is 4.99. The van der Waals surface area contributed by atoms with Crippen LogP contribution < -0.4 is 0 Å². The fourth-order valence-corrected chi connectivity index (χ4v) is 2.48. The highest BCUT2D eigenvalue weighted by molar-refractivity contribution is 7.71. The first-order chi connectivity index (χ1) is 6.25. The minimum absolute atomic E-state index is 0.751. The quantitative estimate of drug-likeness (QED) is 0.700. The fourth-order valence-electron chi connectivity index (χ4n) is 2.29. The third-order valence-corrected chi connectivity index (χ3v) is 3.39. The number of aromatic nitrogens is 2. The molecule has 0 bridgehead atoms. The van der Waals surface area contributed by atoms with Crippen LogP contribution in [0.3, 0.4) is 0 Å². The van der Waals surface area contributed by atoms with Crippen LogP contribution in [0, 0.1) is 16.6 Å². The molecular formula is C10H16N2S. The predicted molar refractivity (Wildman–Crippen MR) is 56.2 cm³/mol. The van der Waals surface area contributed by atoms with E-state index < -0.39 is 0 Å². The van der Waals surface area contributed by atoms with Crippen molar-refractivity contribution in [3.05, 3.63) is 16.7 Å². The Morgan fingerprint density at radius 3 is 2.92 bits per heavy atom. The van der Waals surface area contributed by atoms with Gasteiger partial charge in [0.1, 0.15) is 0 Å². The van der Waals surface area contributed by atoms with Crippen LogP contribution in [-0.2, 0) is 6.42 Å². The highest BCUT2D eigenvalue weighted by Crippen LogP contribution is 2.33. The molecule has 0 saturated heterocycles. The number of nitrogens with one attached hydrogen (secondary N) is 2. The van der Waals surface area contributed by atoms with Crippen molar-refractivity contribution in [2.45, 2.75) is 32.6 Å². The summed E-state index contributed by atoms with van der Waals surface area (Å²) in [6.07, 6.45) is 7.35. The van der Waals surface area contributed by atoms with Crippen LogP contribution >= 0.6 is 12.2 Å². The van der Waals surface area contributed by atoms with Crippen molar-refractivity contribution in [3.8, 4) is 0 Å². The molecule has 2 unspecified atom stereocenters. The molecule has 0 aliphatic heterocycles. The van der Waals surface area contributed by atoms with Gasteiger partial charge in [-0.1, -0.05) is 19.8 Å². The van der Waals surface area contributed by atoms with Crippen LogP contribution in [0.4, 0.5) is 0 Å². The lowest BCUT2D eigenvalue weighted by molar-refractivity contribution is 0.414. The summed E-state index contributed by atoms with van der Waals surface area (Å²) in [6, 6.07) is 0. The van der Waals surface area contributed by atoms with E-state index in [0.717, 1.165) is 23.0 Å². The molecule has 0 radical (unpaired) electrons. The Kier molecular flexibility index (Phi) is 2.54. The van der Waals surface area contributed by atoms with E-state index >= 15 is 0 Å². The number of H-pyrrole nitrogens is 2. The monoisotopic (exact) mass is 196 g/mol. The van der Waals surface area contributed by atoms with Crippen molar-refractivity contribution in [2.24, 2.45) is 11.8 Å². The lowest BCUT2D eigenvalue weighted by atomic mass is 9.93. The molecule has 1 aromatic heterocycles. The highest BCUT2D eigenvalue weighted by atomic mass is 32.1. The van der Waals surface area contributed by atoms with Crippen LogP contribution in [0.25, 0.3) is 0 Å². The third-order valence-electron chi connectivity index (χ3n) is 3.17. The van der Waals surface area contributed by atoms with E-state index in [1.54, 1.807) is 0 Å². The zero-order valence-electron chi connectivity index (χ0n) is 7.97. The lowest BCUT2D eigenvalue weighted by Crippen LogP contribution is -2.07. The van der Waals surface area contributed by atoms with E-state index in [9.17, 15) is 0 Å². The molecule has 0 amide bonds. The Balaban J connectivity index is 2.01. The molecule has 1 aromatic rings. The number of hydrogen-bond acceptors (Lipinski definition) is 1. The topological polar surface area (TPSA) is 31.6 Å². The van der Waals surface area contributed by atoms with Crippen LogP contribution in [0.1, 0.15) is 31.9 Å². The second-order valence-corrected chi connectivity index (χ2v) is 4.55. The average molecular weight is 196 g/mol. The molecule has 1 aliphatic carbocycles. The van der Waals surface area contributed by atoms with Gasteiger partial charge in [0.2, 0.25) is 0 Å². The minimum atomic E-state index is 0.751. The maximum absolute atomic E-state index is 4.99. The molecule has 2 N–H and O–H groups in total. The Labute approximate surface area is 83.8 Å². The molecule has 3 heteroatoms. The summed E-state index contributed by atoms with van der Waals surface area (Å²) in [5, 5.41) is 0. The zero-order valence-corrected chi connectivity index (χ0v) is 8.79. The van der Waals surface area contributed by atoms with Crippen molar-refractivity contribution in [1.29, 1.82) is 0 Å². The Hall–Kier alpha value is -0.570. The number of hydrogen-bond donors (Lipinski definition) is 2. The SMILES string of the molecule is CC1CCCC1Cc1c[nH]c(=S)[nH]1. The van der Waals surface area contributed by atoms with Gasteiger partial charge in [-0.3, -0.25) is 0 Å². The summed E-state index contributed by atoms with van der Waals surface area (Å²) in [5.41, 5.74) is 1.27. The number of imidazole rings is 1. The highest BCUT2D eigenvalue weighted by Gasteiger charge is 2.23. The van der Waals surface area contributed by atoms with Crippen molar-refractivity contribution in [2.75, 3.05) is 0 Å². The van der Waals surface area contributed by atoms with E-state index in [0.29, 0.717) is 0 Å². The third kappa shape index (κ3) is 2.02. The molecule has 1 heterocycles. The van der Waals surface area contributed by atoms with Crippen molar-refractivity contribution >= 4 is 12.2 Å². The van der Waals surface area contributed by atoms with E-state index in [1.807, 2.05) is 6.20 Å². The first-order valence-corrected chi connectivity index (χ1v) is 5.43. The van der Waals surface area contributed by atoms with E-state index in [2.05, 4.69) is 16.9 Å². The number of aromatic amines is 2. The maximum atomic E-state index is 4.99. The average Bonchev–Trinajstić information content (AvgIpc) is 2.64. The van der Waals surface area contributed by atoms with Gasteiger partial charge >= 0.3 is 0 Å². The molecule has 1 aliphatic rings. The molecule has 2 rings (SSSR count). The normalized spacial score (nSPS) is 28.1. The molecule has 2 nitrogen and oxygen atoms in total. The molecule has 13 heavy (non-hydrogen) atoms. The molecule has 1 fully saturated rings. The Morgan fingerprint density at radius 1 is 1.54 bits per heavy atom. The van der Waals surface area contributed by atoms with Crippen molar-refractivity contribution in [3.63, 3.8) is 0 Å². The molecule has 2 atom stereocenters. The van der Waals surface area contributed by atoms with Crippen LogP contribution in [0.15, 0.2) is 6.20 Å². The van der Waals surface area contributed by atoms with Crippen LogP contribution in [0.2, 0.25) is 0 Å². The van der Waals surface area contributed by atoms with Gasteiger partial charge in [-0.2, -0.15) is 0 Å². The molecule has 72 valence electrons. The van der Waals surface area contributed by atoms with E-state index in [-0.39, 0.29) is 0 Å². The molecule has 1 saturated carbocycles. The maximum Gasteiger partial charge on any atom is 0.174 e. The lowest BCUT2D eigenvalue weighted by Gasteiger charge is -2.13. The predicted octanol–water partition coefficient (Wildman–Crippen LogP) is 3.05. The van der Waals surface area contributed by atoms with Gasteiger partial charge in [-0.25, -0.2) is 0 Å². The number of rotatable bonds is 2. The van der Waals surface area contributed by atoms with Gasteiger partial charge in [-0.15, -0.1) is 0 Å². The second-order valence-electron chi connectivity index (χ2n) is 4.14. The molecular weight excluding hydrogens is 180 g/mol. The smallest absolute Gasteiger partial charge is 0.174 e. The van der Waals surface area contributed by atoms with Gasteiger partial charge in [0.05, 0.1) is 0 Å². The van der Waals surface area contributed by atoms with Crippen LogP contribution in [-0.4, -0.2) is 9.97 Å². The largest absolute Gasteiger partial charge is 0.337 e. The summed E-state index contributed by atoms with van der Waals surface area (Å²) in [7, 11) is 0. The van der Waals surface area contributed by atoms with E-state index in [4.69, 9.17) is 12.2 Å². The Bertz CT molecular complexity index is 326. The summed E-state index contributed by atoms with van der Waals surface area (Å²) in [4.78, 5) is 6.20. The second kappa shape index (κ2) is 3.66. The minimum Gasteiger partial charge on any atom is -0.337 e. The first kappa shape index (κ1) is 9.00. The van der Waals surface area contributed by atoms with Gasteiger partial charge < -0.3 is 9.97 Å². The summed E-state index contributed by atoms with van der Waals surface area (Å²) in [6.45, 7) is 2.36. The van der Waals surface area contributed by atoms with Crippen molar-refractivity contribution < 1.29 is 0 Å². The first-order valence-electron chi connectivity index (χ1n) is 5.02. The van der Waals surface area contributed by atoms with Crippen LogP contribution in [0.5, 0.6) is 0 Å². The van der Waals surface area contributed by atoms with E-state index in [1.165, 1.54) is 25.0 Å².